The Kier molecular flexibility index (Phi) is 3.83. The van der Waals surface area contributed by atoms with Crippen molar-refractivity contribution in [2.75, 3.05) is 18.0 Å². The van der Waals surface area contributed by atoms with Gasteiger partial charge in [0, 0.05) is 18.8 Å². The molecule has 1 aromatic rings. The summed E-state index contributed by atoms with van der Waals surface area (Å²) in [4.78, 5) is 2.45. The lowest BCUT2D eigenvalue weighted by atomic mass is 10.1. The molecule has 1 saturated heterocycles. The highest BCUT2D eigenvalue weighted by atomic mass is 16.3. The fraction of sp³-hybridized carbons (Fsp3) is 0.571. The van der Waals surface area contributed by atoms with Crippen molar-refractivity contribution in [3.8, 4) is 0 Å². The molecule has 2 rings (SSSR count). The Labute approximate surface area is 97.9 Å². The van der Waals surface area contributed by atoms with Crippen LogP contribution in [0.15, 0.2) is 24.3 Å². The molecular weight excluding hydrogens is 198 g/mol. The molecule has 0 radical (unpaired) electrons. The number of benzene rings is 1. The van der Waals surface area contributed by atoms with E-state index in [1.165, 1.54) is 43.6 Å². The van der Waals surface area contributed by atoms with Gasteiger partial charge in [-0.05, 0) is 50.3 Å². The Balaban J connectivity index is 2.00. The highest BCUT2D eigenvalue weighted by molar-refractivity contribution is 5.47. The molecule has 0 spiro atoms. The van der Waals surface area contributed by atoms with E-state index in [0.29, 0.717) is 0 Å². The van der Waals surface area contributed by atoms with Crippen LogP contribution in [0.25, 0.3) is 0 Å². The molecule has 0 amide bonds. The lowest BCUT2D eigenvalue weighted by molar-refractivity contribution is 0.195. The lowest BCUT2D eigenvalue weighted by Crippen LogP contribution is -2.29. The van der Waals surface area contributed by atoms with E-state index in [1.807, 2.05) is 6.92 Å². The van der Waals surface area contributed by atoms with Gasteiger partial charge in [0.15, 0.2) is 0 Å². The quantitative estimate of drug-likeness (QED) is 0.844. The third kappa shape index (κ3) is 2.99. The smallest absolute Gasteiger partial charge is 0.0552 e. The Bertz CT molecular complexity index is 312. The molecule has 2 nitrogen and oxygen atoms in total. The third-order valence-corrected chi connectivity index (χ3v) is 3.19. The molecule has 0 aromatic heterocycles. The molecule has 88 valence electrons. The van der Waals surface area contributed by atoms with Crippen molar-refractivity contribution >= 4 is 5.69 Å². The number of hydrogen-bond donors (Lipinski definition) is 1. The molecule has 1 N–H and O–H groups in total. The lowest BCUT2D eigenvalue weighted by Gasteiger charge is -2.28. The van der Waals surface area contributed by atoms with E-state index in [0.717, 1.165) is 6.42 Å². The zero-order chi connectivity index (χ0) is 11.4. The summed E-state index contributed by atoms with van der Waals surface area (Å²) in [6.07, 6.45) is 4.50. The molecule has 1 unspecified atom stereocenters. The zero-order valence-corrected chi connectivity index (χ0v) is 10.0. The number of nitrogens with zero attached hydrogens (tertiary/aromatic N) is 1. The monoisotopic (exact) mass is 219 g/mol. The van der Waals surface area contributed by atoms with Gasteiger partial charge in [0.1, 0.15) is 0 Å². The van der Waals surface area contributed by atoms with Crippen LogP contribution >= 0.6 is 0 Å². The summed E-state index contributed by atoms with van der Waals surface area (Å²) in [6, 6.07) is 8.64. The first-order valence-corrected chi connectivity index (χ1v) is 6.27. The minimum Gasteiger partial charge on any atom is -0.393 e. The molecule has 0 bridgehead atoms. The van der Waals surface area contributed by atoms with Gasteiger partial charge in [-0.25, -0.2) is 0 Å². The summed E-state index contributed by atoms with van der Waals surface area (Å²) in [5.74, 6) is 0. The van der Waals surface area contributed by atoms with Gasteiger partial charge in [-0.15, -0.1) is 0 Å². The standard InChI is InChI=1S/C14H21NO/c1-12(16)11-13-5-7-14(8-6-13)15-9-3-2-4-10-15/h5-8,12,16H,2-4,9-11H2,1H3. The summed E-state index contributed by atoms with van der Waals surface area (Å²) in [5, 5.41) is 9.31. The third-order valence-electron chi connectivity index (χ3n) is 3.19. The van der Waals surface area contributed by atoms with Gasteiger partial charge in [0.05, 0.1) is 6.10 Å². The summed E-state index contributed by atoms with van der Waals surface area (Å²) in [6.45, 7) is 4.21. The number of hydrogen-bond acceptors (Lipinski definition) is 2. The molecular formula is C14H21NO. The van der Waals surface area contributed by atoms with E-state index in [9.17, 15) is 5.11 Å². The number of piperidine rings is 1. The maximum atomic E-state index is 9.31. The largest absolute Gasteiger partial charge is 0.393 e. The van der Waals surface area contributed by atoms with E-state index in [-0.39, 0.29) is 6.10 Å². The van der Waals surface area contributed by atoms with Crippen molar-refractivity contribution in [2.45, 2.75) is 38.7 Å². The fourth-order valence-electron chi connectivity index (χ4n) is 2.34. The SMILES string of the molecule is CC(O)Cc1ccc(N2CCCCC2)cc1. The fourth-order valence-corrected chi connectivity index (χ4v) is 2.34. The topological polar surface area (TPSA) is 23.5 Å². The first-order chi connectivity index (χ1) is 7.75. The summed E-state index contributed by atoms with van der Waals surface area (Å²) >= 11 is 0. The Morgan fingerprint density at radius 2 is 1.75 bits per heavy atom. The average molecular weight is 219 g/mol. The highest BCUT2D eigenvalue weighted by Gasteiger charge is 2.10. The van der Waals surface area contributed by atoms with Gasteiger partial charge in [0.2, 0.25) is 0 Å². The normalized spacial score (nSPS) is 18.5. The number of anilines is 1. The first-order valence-electron chi connectivity index (χ1n) is 6.27. The van der Waals surface area contributed by atoms with Gasteiger partial charge in [-0.2, -0.15) is 0 Å². The van der Waals surface area contributed by atoms with Crippen LogP contribution in [0.5, 0.6) is 0 Å². The van der Waals surface area contributed by atoms with E-state index in [4.69, 9.17) is 0 Å². The number of aliphatic hydroxyl groups is 1. The molecule has 1 aliphatic rings. The minimum atomic E-state index is -0.249. The van der Waals surface area contributed by atoms with Crippen molar-refractivity contribution in [3.05, 3.63) is 29.8 Å². The van der Waals surface area contributed by atoms with Crippen LogP contribution in [0.1, 0.15) is 31.7 Å². The molecule has 1 aromatic carbocycles. The first kappa shape index (κ1) is 11.5. The van der Waals surface area contributed by atoms with Crippen molar-refractivity contribution in [2.24, 2.45) is 0 Å². The Hall–Kier alpha value is -1.02. The van der Waals surface area contributed by atoms with Gasteiger partial charge >= 0.3 is 0 Å². The van der Waals surface area contributed by atoms with E-state index in [1.54, 1.807) is 0 Å². The van der Waals surface area contributed by atoms with E-state index >= 15 is 0 Å². The summed E-state index contributed by atoms with van der Waals surface area (Å²) in [7, 11) is 0. The summed E-state index contributed by atoms with van der Waals surface area (Å²) in [5.41, 5.74) is 2.55. The van der Waals surface area contributed by atoms with Crippen LogP contribution < -0.4 is 4.90 Å². The van der Waals surface area contributed by atoms with Crippen LogP contribution in [0.4, 0.5) is 5.69 Å². The zero-order valence-electron chi connectivity index (χ0n) is 10.0. The van der Waals surface area contributed by atoms with Crippen LogP contribution in [0.3, 0.4) is 0 Å². The predicted molar refractivity (Wildman–Crippen MR) is 67.9 cm³/mol. The van der Waals surface area contributed by atoms with Crippen LogP contribution in [0, 0.1) is 0 Å². The molecule has 2 heteroatoms. The molecule has 1 aliphatic heterocycles. The maximum absolute atomic E-state index is 9.31. The second-order valence-corrected chi connectivity index (χ2v) is 4.77. The number of rotatable bonds is 3. The molecule has 1 atom stereocenters. The van der Waals surface area contributed by atoms with Gasteiger partial charge < -0.3 is 10.0 Å². The maximum Gasteiger partial charge on any atom is 0.0552 e. The summed E-state index contributed by atoms with van der Waals surface area (Å²) < 4.78 is 0. The average Bonchev–Trinajstić information content (AvgIpc) is 2.30. The van der Waals surface area contributed by atoms with E-state index < -0.39 is 0 Å². The number of aliphatic hydroxyl groups excluding tert-OH is 1. The predicted octanol–water partition coefficient (Wildman–Crippen LogP) is 2.60. The van der Waals surface area contributed by atoms with Gasteiger partial charge in [0.25, 0.3) is 0 Å². The van der Waals surface area contributed by atoms with Crippen molar-refractivity contribution in [1.82, 2.24) is 0 Å². The van der Waals surface area contributed by atoms with Crippen molar-refractivity contribution in [1.29, 1.82) is 0 Å². The van der Waals surface area contributed by atoms with Gasteiger partial charge in [-0.3, -0.25) is 0 Å². The molecule has 16 heavy (non-hydrogen) atoms. The van der Waals surface area contributed by atoms with Crippen LogP contribution in [0.2, 0.25) is 0 Å². The van der Waals surface area contributed by atoms with Crippen molar-refractivity contribution < 1.29 is 5.11 Å². The second-order valence-electron chi connectivity index (χ2n) is 4.77. The van der Waals surface area contributed by atoms with Crippen LogP contribution in [-0.4, -0.2) is 24.3 Å². The molecule has 1 fully saturated rings. The molecule has 1 heterocycles. The highest BCUT2D eigenvalue weighted by Crippen LogP contribution is 2.20. The Morgan fingerprint density at radius 3 is 2.31 bits per heavy atom. The Morgan fingerprint density at radius 1 is 1.12 bits per heavy atom. The van der Waals surface area contributed by atoms with Gasteiger partial charge in [-0.1, -0.05) is 12.1 Å². The van der Waals surface area contributed by atoms with Crippen molar-refractivity contribution in [3.63, 3.8) is 0 Å². The van der Waals surface area contributed by atoms with E-state index in [2.05, 4.69) is 29.2 Å². The van der Waals surface area contributed by atoms with Crippen LogP contribution in [-0.2, 0) is 6.42 Å². The molecule has 0 saturated carbocycles. The minimum absolute atomic E-state index is 0.249. The molecule has 0 aliphatic carbocycles. The second kappa shape index (κ2) is 5.35.